The lowest BCUT2D eigenvalue weighted by Crippen LogP contribution is -2.38. The molecule has 0 saturated carbocycles. The molecule has 1 aromatic rings. The number of hydrogen-bond donors (Lipinski definition) is 0. The Morgan fingerprint density at radius 1 is 1.47 bits per heavy atom. The molecule has 1 atom stereocenters. The van der Waals surface area contributed by atoms with Crippen LogP contribution in [0.5, 0.6) is 0 Å². The highest BCUT2D eigenvalue weighted by Gasteiger charge is 2.38. The second-order valence-corrected chi connectivity index (χ2v) is 6.24. The largest absolute Gasteiger partial charge is 0.365 e. The molecule has 1 unspecified atom stereocenters. The fourth-order valence-electron chi connectivity index (χ4n) is 2.58. The molecule has 3 heteroatoms. The third-order valence-corrected chi connectivity index (χ3v) is 4.41. The molecule has 0 radical (unpaired) electrons. The molecular weight excluding hydrogens is 276 g/mol. The monoisotopic (exact) mass is 292 g/mol. The average Bonchev–Trinajstić information content (AvgIpc) is 2.58. The predicted octanol–water partition coefficient (Wildman–Crippen LogP) is 3.89. The van der Waals surface area contributed by atoms with Crippen LogP contribution in [-0.2, 0) is 0 Å². The van der Waals surface area contributed by atoms with E-state index in [1.165, 1.54) is 11.3 Å². The van der Waals surface area contributed by atoms with Crippen molar-refractivity contribution in [3.05, 3.63) is 28.2 Å². The summed E-state index contributed by atoms with van der Waals surface area (Å²) in [5.74, 6) is 0.147. The van der Waals surface area contributed by atoms with Crippen molar-refractivity contribution in [2.24, 2.45) is 5.92 Å². The molecule has 0 bridgehead atoms. The Balaban J connectivity index is 2.34. The molecule has 17 heavy (non-hydrogen) atoms. The first-order valence-corrected chi connectivity index (χ1v) is 6.67. The highest BCUT2D eigenvalue weighted by atomic mass is 79.9. The van der Waals surface area contributed by atoms with Gasteiger partial charge in [0.05, 0.1) is 12.0 Å². The molecule has 1 heterocycles. The van der Waals surface area contributed by atoms with Gasteiger partial charge < -0.3 is 4.90 Å². The Morgan fingerprint density at radius 3 is 2.71 bits per heavy atom. The van der Waals surface area contributed by atoms with Crippen LogP contribution in [0.2, 0.25) is 0 Å². The summed E-state index contributed by atoms with van der Waals surface area (Å²) in [7, 11) is 0. The lowest BCUT2D eigenvalue weighted by Gasteiger charge is -2.33. The number of nitrogens with zero attached hydrogens (tertiary/aromatic N) is 2. The van der Waals surface area contributed by atoms with E-state index in [0.717, 1.165) is 17.4 Å². The lowest BCUT2D eigenvalue weighted by atomic mass is 9.97. The van der Waals surface area contributed by atoms with E-state index in [1.54, 1.807) is 0 Å². The van der Waals surface area contributed by atoms with Crippen LogP contribution in [-0.4, -0.2) is 12.1 Å². The Kier molecular flexibility index (Phi) is 3.18. The molecule has 0 aliphatic carbocycles. The van der Waals surface area contributed by atoms with E-state index in [9.17, 15) is 0 Å². The summed E-state index contributed by atoms with van der Waals surface area (Å²) in [6, 6.07) is 8.79. The Bertz CT molecular complexity index is 474. The molecule has 0 aromatic heterocycles. The van der Waals surface area contributed by atoms with Crippen LogP contribution in [0.1, 0.15) is 25.8 Å². The summed E-state index contributed by atoms with van der Waals surface area (Å²) in [6.07, 6.45) is 0.943. The zero-order valence-corrected chi connectivity index (χ0v) is 12.1. The van der Waals surface area contributed by atoms with Gasteiger partial charge in [0.25, 0.3) is 0 Å². The van der Waals surface area contributed by atoms with Crippen LogP contribution in [0.3, 0.4) is 0 Å². The number of aryl methyl sites for hydroxylation is 1. The molecule has 90 valence electrons. The Hall–Kier alpha value is -1.01. The summed E-state index contributed by atoms with van der Waals surface area (Å²) >= 11 is 3.52. The normalized spacial score (nSPS) is 22.5. The van der Waals surface area contributed by atoms with Crippen molar-refractivity contribution < 1.29 is 0 Å². The van der Waals surface area contributed by atoms with Crippen LogP contribution in [0.15, 0.2) is 22.7 Å². The van der Waals surface area contributed by atoms with Crippen LogP contribution < -0.4 is 4.90 Å². The number of hydrogen-bond acceptors (Lipinski definition) is 2. The zero-order valence-electron chi connectivity index (χ0n) is 10.5. The fraction of sp³-hybridized carbons (Fsp3) is 0.500. The Labute approximate surface area is 111 Å². The molecule has 2 rings (SSSR count). The van der Waals surface area contributed by atoms with Crippen molar-refractivity contribution >= 4 is 21.6 Å². The van der Waals surface area contributed by atoms with Crippen molar-refractivity contribution in [1.29, 1.82) is 5.26 Å². The minimum Gasteiger partial charge on any atom is -0.365 e. The molecule has 1 aromatic carbocycles. The van der Waals surface area contributed by atoms with Crippen molar-refractivity contribution in [3.63, 3.8) is 0 Å². The summed E-state index contributed by atoms with van der Waals surface area (Å²) in [5, 5.41) is 9.08. The minimum absolute atomic E-state index is 0.0701. The first-order chi connectivity index (χ1) is 7.94. The maximum absolute atomic E-state index is 9.08. The van der Waals surface area contributed by atoms with Crippen molar-refractivity contribution in [2.45, 2.75) is 32.7 Å². The number of benzene rings is 1. The van der Waals surface area contributed by atoms with Crippen LogP contribution >= 0.6 is 15.9 Å². The van der Waals surface area contributed by atoms with Crippen LogP contribution in [0.25, 0.3) is 0 Å². The van der Waals surface area contributed by atoms with Gasteiger partial charge in [-0.3, -0.25) is 0 Å². The maximum Gasteiger partial charge on any atom is 0.0675 e. The smallest absolute Gasteiger partial charge is 0.0675 e. The Morgan fingerprint density at radius 2 is 2.18 bits per heavy atom. The quantitative estimate of drug-likeness (QED) is 0.785. The minimum atomic E-state index is 0.0701. The molecule has 1 aliphatic heterocycles. The number of halogens is 1. The molecule has 0 N–H and O–H groups in total. The predicted molar refractivity (Wildman–Crippen MR) is 74.0 cm³/mol. The van der Waals surface area contributed by atoms with Gasteiger partial charge in [0.15, 0.2) is 0 Å². The third kappa shape index (κ3) is 2.32. The zero-order chi connectivity index (χ0) is 12.6. The van der Waals surface area contributed by atoms with E-state index in [0.29, 0.717) is 0 Å². The topological polar surface area (TPSA) is 27.0 Å². The van der Waals surface area contributed by atoms with Gasteiger partial charge in [0.1, 0.15) is 0 Å². The van der Waals surface area contributed by atoms with Gasteiger partial charge in [-0.15, -0.1) is 0 Å². The SMILES string of the molecule is Cc1cc(N2CC(C#N)CC2(C)C)ccc1Br. The van der Waals surface area contributed by atoms with E-state index in [-0.39, 0.29) is 11.5 Å². The highest BCUT2D eigenvalue weighted by Crippen LogP contribution is 2.37. The number of rotatable bonds is 1. The van der Waals surface area contributed by atoms with Crippen molar-refractivity contribution in [3.8, 4) is 6.07 Å². The van der Waals surface area contributed by atoms with E-state index >= 15 is 0 Å². The maximum atomic E-state index is 9.08. The van der Waals surface area contributed by atoms with Gasteiger partial charge in [-0.2, -0.15) is 5.26 Å². The number of nitriles is 1. The second kappa shape index (κ2) is 4.34. The molecular formula is C14H17BrN2. The van der Waals surface area contributed by atoms with Crippen LogP contribution in [0.4, 0.5) is 5.69 Å². The lowest BCUT2D eigenvalue weighted by molar-refractivity contribution is 0.503. The summed E-state index contributed by atoms with van der Waals surface area (Å²) in [6.45, 7) is 7.35. The van der Waals surface area contributed by atoms with Gasteiger partial charge in [0.2, 0.25) is 0 Å². The van der Waals surface area contributed by atoms with Gasteiger partial charge in [-0.1, -0.05) is 15.9 Å². The molecule has 1 saturated heterocycles. The molecule has 2 nitrogen and oxygen atoms in total. The van der Waals surface area contributed by atoms with Gasteiger partial charge >= 0.3 is 0 Å². The first kappa shape index (κ1) is 12.4. The van der Waals surface area contributed by atoms with Crippen LogP contribution in [0, 0.1) is 24.2 Å². The molecule has 0 spiro atoms. The van der Waals surface area contributed by atoms with Gasteiger partial charge in [-0.05, 0) is 51.0 Å². The summed E-state index contributed by atoms with van der Waals surface area (Å²) in [4.78, 5) is 2.35. The molecule has 1 fully saturated rings. The summed E-state index contributed by atoms with van der Waals surface area (Å²) in [5.41, 5.74) is 2.52. The van der Waals surface area contributed by atoms with Crippen molar-refractivity contribution in [1.82, 2.24) is 0 Å². The van der Waals surface area contributed by atoms with E-state index in [4.69, 9.17) is 5.26 Å². The van der Waals surface area contributed by atoms with Crippen molar-refractivity contribution in [2.75, 3.05) is 11.4 Å². The second-order valence-electron chi connectivity index (χ2n) is 5.39. The molecule has 1 aliphatic rings. The summed E-state index contributed by atoms with van der Waals surface area (Å²) < 4.78 is 1.13. The standard InChI is InChI=1S/C14H17BrN2/c1-10-6-12(4-5-13(10)15)17-9-11(8-16)7-14(17,2)3/h4-6,11H,7,9H2,1-3H3. The van der Waals surface area contributed by atoms with E-state index in [1.807, 2.05) is 0 Å². The fourth-order valence-corrected chi connectivity index (χ4v) is 2.83. The van der Waals surface area contributed by atoms with E-state index < -0.39 is 0 Å². The highest BCUT2D eigenvalue weighted by molar-refractivity contribution is 9.10. The van der Waals surface area contributed by atoms with Gasteiger partial charge in [-0.25, -0.2) is 0 Å². The first-order valence-electron chi connectivity index (χ1n) is 5.87. The molecule has 0 amide bonds. The number of anilines is 1. The van der Waals surface area contributed by atoms with E-state index in [2.05, 4.69) is 65.9 Å². The average molecular weight is 293 g/mol. The van der Waals surface area contributed by atoms with Gasteiger partial charge in [0, 0.05) is 22.2 Å². The third-order valence-electron chi connectivity index (χ3n) is 3.52.